The number of aromatic amines is 1. The van der Waals surface area contributed by atoms with Gasteiger partial charge in [-0.15, -0.1) is 0 Å². The molecular weight excluding hydrogens is 805 g/mol. The van der Waals surface area contributed by atoms with E-state index in [1.807, 2.05) is 43.6 Å². The second kappa shape index (κ2) is 18.4. The Balaban J connectivity index is 0.930. The summed E-state index contributed by atoms with van der Waals surface area (Å²) < 4.78 is 9.73. The van der Waals surface area contributed by atoms with Crippen molar-refractivity contribution in [3.05, 3.63) is 96.3 Å². The molecule has 0 radical (unpaired) electrons. The largest absolute Gasteiger partial charge is 0.469 e. The van der Waals surface area contributed by atoms with Gasteiger partial charge in [0.1, 0.15) is 11.9 Å². The van der Waals surface area contributed by atoms with Crippen molar-refractivity contribution in [1.82, 2.24) is 25.1 Å². The number of likely N-dealkylation sites (tertiary alicyclic amines) is 2. The van der Waals surface area contributed by atoms with Crippen LogP contribution in [-0.4, -0.2) is 88.7 Å². The van der Waals surface area contributed by atoms with E-state index in [9.17, 15) is 19.2 Å². The van der Waals surface area contributed by atoms with E-state index in [4.69, 9.17) is 19.5 Å². The third-order valence-corrected chi connectivity index (χ3v) is 13.4. The topological polar surface area (TPSA) is 146 Å². The number of imidazole rings is 1. The molecule has 8 rings (SSSR count). The van der Waals surface area contributed by atoms with Crippen molar-refractivity contribution < 1.29 is 28.7 Å². The summed E-state index contributed by atoms with van der Waals surface area (Å²) in [7, 11) is 2.67. The molecule has 3 amide bonds. The quantitative estimate of drug-likeness (QED) is 0.119. The molecule has 2 fully saturated rings. The molecule has 2 N–H and O–H groups in total. The van der Waals surface area contributed by atoms with Crippen LogP contribution in [0.1, 0.15) is 78.2 Å². The summed E-state index contributed by atoms with van der Waals surface area (Å²) in [6, 6.07) is 28.9. The van der Waals surface area contributed by atoms with Crippen LogP contribution in [-0.2, 0) is 30.3 Å². The summed E-state index contributed by atoms with van der Waals surface area (Å²) in [6.45, 7) is 13.4. The van der Waals surface area contributed by atoms with Crippen LogP contribution < -0.4 is 5.32 Å². The number of esters is 1. The van der Waals surface area contributed by atoms with E-state index in [0.29, 0.717) is 25.4 Å². The Labute approximate surface area is 375 Å². The number of nitrogens with one attached hydrogen (secondary N) is 2. The first-order chi connectivity index (χ1) is 30.7. The van der Waals surface area contributed by atoms with Gasteiger partial charge in [0.25, 0.3) is 0 Å². The second-order valence-corrected chi connectivity index (χ2v) is 18.8. The molecule has 0 spiro atoms. The third kappa shape index (κ3) is 9.05. The zero-order valence-electron chi connectivity index (χ0n) is 38.2. The molecule has 0 unspecified atom stereocenters. The van der Waals surface area contributed by atoms with Gasteiger partial charge in [-0.05, 0) is 99.7 Å². The molecule has 0 saturated carbocycles. The minimum atomic E-state index is -0.697. The summed E-state index contributed by atoms with van der Waals surface area (Å²) in [4.78, 5) is 69.3. The van der Waals surface area contributed by atoms with Crippen molar-refractivity contribution >= 4 is 46.3 Å². The molecular formula is C52H60N6O6. The van der Waals surface area contributed by atoms with Crippen LogP contribution in [0.2, 0.25) is 0 Å². The van der Waals surface area contributed by atoms with Crippen LogP contribution >= 0.6 is 0 Å². The number of amides is 3. The molecule has 3 aliphatic heterocycles. The van der Waals surface area contributed by atoms with Crippen molar-refractivity contribution in [1.29, 1.82) is 0 Å². The van der Waals surface area contributed by atoms with Gasteiger partial charge in [0.15, 0.2) is 0 Å². The summed E-state index contributed by atoms with van der Waals surface area (Å²) in [5, 5.41) is 2.73. The van der Waals surface area contributed by atoms with E-state index in [0.717, 1.165) is 80.0 Å². The van der Waals surface area contributed by atoms with E-state index in [1.165, 1.54) is 14.2 Å². The number of carbonyl (C=O) groups excluding carboxylic acids is 4. The van der Waals surface area contributed by atoms with Crippen molar-refractivity contribution in [2.24, 2.45) is 34.6 Å². The van der Waals surface area contributed by atoms with Crippen molar-refractivity contribution in [3.8, 4) is 33.4 Å². The van der Waals surface area contributed by atoms with Crippen molar-refractivity contribution in [2.45, 2.75) is 85.4 Å². The summed E-state index contributed by atoms with van der Waals surface area (Å²) >= 11 is 0. The molecule has 12 heteroatoms. The first-order valence-electron chi connectivity index (χ1n) is 22.6. The van der Waals surface area contributed by atoms with E-state index in [1.54, 1.807) is 0 Å². The Kier molecular flexibility index (Phi) is 12.8. The average molecular weight is 865 g/mol. The van der Waals surface area contributed by atoms with Crippen molar-refractivity contribution in [3.63, 3.8) is 0 Å². The van der Waals surface area contributed by atoms with E-state index >= 15 is 0 Å². The minimum Gasteiger partial charge on any atom is -0.469 e. The molecule has 334 valence electrons. The summed E-state index contributed by atoms with van der Waals surface area (Å²) in [6.07, 6.45) is 1.80. The number of H-pyrrole nitrogens is 1. The number of rotatable bonds is 12. The Hall–Kier alpha value is -6.30. The Morgan fingerprint density at radius 3 is 1.83 bits per heavy atom. The molecule has 0 aliphatic carbocycles. The summed E-state index contributed by atoms with van der Waals surface area (Å²) in [5.74, 6) is 0.380. The number of benzene rings is 4. The van der Waals surface area contributed by atoms with Gasteiger partial charge in [0, 0.05) is 25.2 Å². The highest BCUT2D eigenvalue weighted by Crippen LogP contribution is 2.39. The Morgan fingerprint density at radius 1 is 0.703 bits per heavy atom. The number of carbonyl (C=O) groups is 4. The van der Waals surface area contributed by atoms with Gasteiger partial charge in [0.05, 0.1) is 55.4 Å². The van der Waals surface area contributed by atoms with Gasteiger partial charge in [-0.3, -0.25) is 19.4 Å². The number of alkyl carbamates (subject to hydrolysis) is 1. The van der Waals surface area contributed by atoms with Gasteiger partial charge in [-0.1, -0.05) is 102 Å². The molecule has 3 aliphatic rings. The van der Waals surface area contributed by atoms with Crippen LogP contribution in [0.4, 0.5) is 10.5 Å². The number of hydrogen-bond donors (Lipinski definition) is 2. The maximum absolute atomic E-state index is 13.9. The molecule has 2 saturated heterocycles. The number of ether oxygens (including phenoxy) is 2. The van der Waals surface area contributed by atoms with Gasteiger partial charge in [-0.2, -0.15) is 0 Å². The number of aromatic nitrogens is 2. The van der Waals surface area contributed by atoms with Gasteiger partial charge in [-0.25, -0.2) is 9.78 Å². The van der Waals surface area contributed by atoms with Crippen molar-refractivity contribution in [2.75, 3.05) is 27.3 Å². The van der Waals surface area contributed by atoms with Gasteiger partial charge in [0.2, 0.25) is 11.8 Å². The number of nitrogens with zero attached hydrogens (tertiary/aromatic N) is 4. The second-order valence-electron chi connectivity index (χ2n) is 18.8. The van der Waals surface area contributed by atoms with Gasteiger partial charge < -0.3 is 29.6 Å². The predicted octanol–water partition coefficient (Wildman–Crippen LogP) is 9.55. The first kappa shape index (κ1) is 44.3. The lowest BCUT2D eigenvalue weighted by Crippen LogP contribution is -2.51. The van der Waals surface area contributed by atoms with Gasteiger partial charge >= 0.3 is 12.1 Å². The molecule has 5 aromatic rings. The fourth-order valence-corrected chi connectivity index (χ4v) is 9.79. The van der Waals surface area contributed by atoms with Crippen LogP contribution in [0.25, 0.3) is 44.4 Å². The average Bonchev–Trinajstić information content (AvgIpc) is 4.10. The van der Waals surface area contributed by atoms with E-state index < -0.39 is 18.1 Å². The monoisotopic (exact) mass is 864 g/mol. The zero-order chi connectivity index (χ0) is 45.4. The van der Waals surface area contributed by atoms with Crippen LogP contribution in [0.15, 0.2) is 89.9 Å². The number of hydrogen-bond acceptors (Lipinski definition) is 8. The highest BCUT2D eigenvalue weighted by molar-refractivity contribution is 6.01. The molecule has 0 bridgehead atoms. The summed E-state index contributed by atoms with van der Waals surface area (Å²) in [5.41, 5.74) is 11.5. The lowest BCUT2D eigenvalue weighted by molar-refractivity contribution is -0.148. The molecule has 6 atom stereocenters. The minimum absolute atomic E-state index is 0.0142. The normalized spacial score (nSPS) is 20.4. The third-order valence-electron chi connectivity index (χ3n) is 13.4. The maximum atomic E-state index is 13.9. The maximum Gasteiger partial charge on any atom is 0.407 e. The van der Waals surface area contributed by atoms with Crippen LogP contribution in [0, 0.1) is 29.6 Å². The Morgan fingerprint density at radius 2 is 1.25 bits per heavy atom. The Bertz CT molecular complexity index is 2580. The fourth-order valence-electron chi connectivity index (χ4n) is 9.79. The van der Waals surface area contributed by atoms with Crippen LogP contribution in [0.3, 0.4) is 0 Å². The number of aliphatic imine (C=N–C) groups is 1. The predicted molar refractivity (Wildman–Crippen MR) is 250 cm³/mol. The fraction of sp³-hybridized carbons (Fsp3) is 0.423. The van der Waals surface area contributed by atoms with Crippen LogP contribution in [0.5, 0.6) is 0 Å². The smallest absolute Gasteiger partial charge is 0.407 e. The highest BCUT2D eigenvalue weighted by atomic mass is 16.5. The van der Waals surface area contributed by atoms with E-state index in [2.05, 4.69) is 103 Å². The molecule has 1 aromatic heterocycles. The molecule has 12 nitrogen and oxygen atoms in total. The SMILES string of the molecule is COC(=O)C[C@H](C(=O)N1C[C@@H](C)C[C@H]1C1=Nc2ccc(-c3ccc(-c4ccc(-c5ccc6nc([C@@H]7C[C@H](C)CN7C(=O)[C@@H](NC(=O)OC)C(C)C)[nH]c6c5)cc4)cc3)cc2C1)C(C)C. The molecule has 64 heavy (non-hydrogen) atoms. The lowest BCUT2D eigenvalue weighted by Gasteiger charge is -2.30. The highest BCUT2D eigenvalue weighted by Gasteiger charge is 2.42. The molecule has 4 aromatic carbocycles. The lowest BCUT2D eigenvalue weighted by atomic mass is 9.90. The number of fused-ring (bicyclic) bond motifs is 2. The first-order valence-corrected chi connectivity index (χ1v) is 22.6. The van der Waals surface area contributed by atoms with E-state index in [-0.39, 0.29) is 54.0 Å². The standard InChI is InChI=1S/C52H60N6O6/c1-29(2)40(26-47(59)63-7)50(60)57-27-31(5)21-45(57)44-25-39-23-37(17-19-41(39)53-44)35-13-9-33(10-14-35)34-11-15-36(16-12-34)38-18-20-42-43(24-38)55-49(54-42)46-22-32(6)28-58(46)51(61)48(30(3)4)56-52(62)64-8/h9-20,23-24,29-32,40,45-46,48H,21-22,25-28H2,1-8H3,(H,54,55)(H,56,62)/t31-,32-,40-,45-,46-,48-/m0/s1. The molecule has 4 heterocycles. The number of methoxy groups -OCH3 is 2. The zero-order valence-corrected chi connectivity index (χ0v) is 38.2.